The van der Waals surface area contributed by atoms with E-state index in [2.05, 4.69) is 20.9 Å². The predicted molar refractivity (Wildman–Crippen MR) is 218 cm³/mol. The Labute approximate surface area is 353 Å². The molecule has 2 aromatic carbocycles. The Morgan fingerprint density at radius 3 is 2.28 bits per heavy atom. The Bertz CT molecular complexity index is 2070. The number of amides is 6. The Morgan fingerprint density at radius 1 is 0.820 bits per heavy atom. The molecule has 0 spiro atoms. The predicted octanol–water partition coefficient (Wildman–Crippen LogP) is 1.77. The van der Waals surface area contributed by atoms with Crippen LogP contribution < -0.4 is 20.9 Å². The van der Waals surface area contributed by atoms with Crippen molar-refractivity contribution in [2.75, 3.05) is 38.1 Å². The molecule has 8 atom stereocenters. The Hall–Kier alpha value is -5.61. The van der Waals surface area contributed by atoms with Gasteiger partial charge < -0.3 is 40.3 Å². The van der Waals surface area contributed by atoms with Gasteiger partial charge in [0.25, 0.3) is 0 Å². The molecule has 0 aromatic heterocycles. The lowest BCUT2D eigenvalue weighted by Gasteiger charge is -2.39. The number of esters is 1. The van der Waals surface area contributed by atoms with Gasteiger partial charge in [0.1, 0.15) is 54.0 Å². The van der Waals surface area contributed by atoms with Crippen molar-refractivity contribution in [2.45, 2.75) is 121 Å². The summed E-state index contributed by atoms with van der Waals surface area (Å²) in [6, 6.07) is 1.43. The summed E-state index contributed by atoms with van der Waals surface area (Å²) >= 11 is 0. The summed E-state index contributed by atoms with van der Waals surface area (Å²) < 4.78 is 34.8. The van der Waals surface area contributed by atoms with Gasteiger partial charge in [-0.3, -0.25) is 28.8 Å². The van der Waals surface area contributed by atoms with Gasteiger partial charge in [-0.2, -0.15) is 0 Å². The van der Waals surface area contributed by atoms with Crippen molar-refractivity contribution in [3.8, 4) is 0 Å². The van der Waals surface area contributed by atoms with Crippen LogP contribution in [0.3, 0.4) is 0 Å². The topological polar surface area (TPSA) is 178 Å². The zero-order valence-electron chi connectivity index (χ0n) is 35.1. The van der Waals surface area contributed by atoms with Crippen LogP contribution in [0.2, 0.25) is 0 Å². The summed E-state index contributed by atoms with van der Waals surface area (Å²) in [6.07, 6.45) is 1.65. The van der Waals surface area contributed by atoms with Crippen LogP contribution in [0.25, 0.3) is 0 Å². The lowest BCUT2D eigenvalue weighted by Crippen LogP contribution is -2.63. The van der Waals surface area contributed by atoms with Crippen LogP contribution in [0.4, 0.5) is 14.5 Å². The molecule has 5 heterocycles. The molecule has 61 heavy (non-hydrogen) atoms. The minimum atomic E-state index is -1.60. The van der Waals surface area contributed by atoms with Gasteiger partial charge in [-0.05, 0) is 99.6 Å². The average molecular weight is 848 g/mol. The highest BCUT2D eigenvalue weighted by molar-refractivity contribution is 5.98. The molecular formula is C44H55F2N7O8. The minimum absolute atomic E-state index is 0.0561. The molecule has 17 heteroatoms. The number of nitrogens with zero attached hydrogens (tertiary/aromatic N) is 4. The van der Waals surface area contributed by atoms with E-state index < -0.39 is 95.4 Å². The molecule has 5 aliphatic heterocycles. The van der Waals surface area contributed by atoms with Crippen molar-refractivity contribution in [3.63, 3.8) is 0 Å². The van der Waals surface area contributed by atoms with Gasteiger partial charge in [-0.25, -0.2) is 13.6 Å². The molecule has 4 fully saturated rings. The van der Waals surface area contributed by atoms with Crippen LogP contribution in [-0.2, 0) is 57.6 Å². The molecule has 328 valence electrons. The molecular weight excluding hydrogens is 793 g/mol. The second-order valence-electron chi connectivity index (χ2n) is 17.4. The number of cyclic esters (lactones) is 1. The molecule has 0 unspecified atom stereocenters. The van der Waals surface area contributed by atoms with Crippen LogP contribution in [0, 0.1) is 17.6 Å². The van der Waals surface area contributed by atoms with Crippen molar-refractivity contribution in [2.24, 2.45) is 5.92 Å². The van der Waals surface area contributed by atoms with Crippen LogP contribution in [0.1, 0.15) is 76.0 Å². The zero-order chi connectivity index (χ0) is 43.7. The molecule has 0 bridgehead atoms. The maximum atomic E-state index is 14.8. The van der Waals surface area contributed by atoms with Crippen molar-refractivity contribution < 1.29 is 47.1 Å². The first-order valence-corrected chi connectivity index (χ1v) is 21.4. The molecule has 4 saturated heterocycles. The quantitative estimate of drug-likeness (QED) is 0.351. The number of piperidine rings is 1. The number of benzene rings is 2. The lowest BCUT2D eigenvalue weighted by atomic mass is 9.99. The van der Waals surface area contributed by atoms with Crippen molar-refractivity contribution in [1.82, 2.24) is 30.7 Å². The Kier molecular flexibility index (Phi) is 12.9. The number of carbonyl (C=O) groups excluding carboxylic acids is 7. The highest BCUT2D eigenvalue weighted by atomic mass is 19.1. The first kappa shape index (κ1) is 43.5. The Balaban J connectivity index is 1.20. The Morgan fingerprint density at radius 2 is 1.52 bits per heavy atom. The van der Waals surface area contributed by atoms with E-state index in [-0.39, 0.29) is 56.8 Å². The van der Waals surface area contributed by atoms with E-state index in [4.69, 9.17) is 4.74 Å². The fourth-order valence-corrected chi connectivity index (χ4v) is 9.52. The van der Waals surface area contributed by atoms with E-state index in [1.807, 2.05) is 32.2 Å². The highest BCUT2D eigenvalue weighted by Gasteiger charge is 2.47. The standard InChI is InChI=1S/C44H55F2N7O8/c1-24-16-36-44(60)61-26(3)38(43(59)52-14-7-9-34(52)42(58)51-13-6-5-8-33(51)40(56)47-25(2)41(57)53(36)23-24)49-39(55)32(19-28-17-30(45)22-31(46)18-28)48-37(54)21-27-10-11-29-12-15-50(4)35(29)20-27/h10-11,17-18,20,22,24-26,32-34,36,38H,5-9,12-16,19,21,23H2,1-4H3,(H,47,56)(H,48,54)(H,49,55)/t24-,25+,26+,32+,33+,34+,36+,38+/m1/s1. The third-order valence-corrected chi connectivity index (χ3v) is 12.7. The normalized spacial score (nSPS) is 27.8. The van der Waals surface area contributed by atoms with Crippen LogP contribution in [-0.4, -0.2) is 132 Å². The number of likely N-dealkylation sites (N-methyl/N-ethyl adjacent to an activating group) is 1. The number of nitrogens with one attached hydrogen (secondary N) is 3. The van der Waals surface area contributed by atoms with Crippen molar-refractivity contribution in [1.29, 1.82) is 0 Å². The fraction of sp³-hybridized carbons (Fsp3) is 0.568. The number of ether oxygens (including phenoxy) is 1. The number of anilines is 1. The van der Waals surface area contributed by atoms with Gasteiger partial charge in [-0.15, -0.1) is 0 Å². The molecule has 7 rings (SSSR count). The molecule has 15 nitrogen and oxygen atoms in total. The summed E-state index contributed by atoms with van der Waals surface area (Å²) in [5.41, 5.74) is 2.87. The molecule has 0 radical (unpaired) electrons. The van der Waals surface area contributed by atoms with Gasteiger partial charge in [-0.1, -0.05) is 19.1 Å². The second-order valence-corrected chi connectivity index (χ2v) is 17.4. The van der Waals surface area contributed by atoms with E-state index in [9.17, 15) is 42.3 Å². The maximum absolute atomic E-state index is 14.8. The van der Waals surface area contributed by atoms with Crippen LogP contribution in [0.15, 0.2) is 36.4 Å². The average Bonchev–Trinajstić information content (AvgIpc) is 3.96. The van der Waals surface area contributed by atoms with Crippen LogP contribution >= 0.6 is 0 Å². The van der Waals surface area contributed by atoms with Gasteiger partial charge in [0, 0.05) is 51.4 Å². The summed E-state index contributed by atoms with van der Waals surface area (Å²) in [4.78, 5) is 105. The second kappa shape index (κ2) is 18.2. The van der Waals surface area contributed by atoms with Crippen molar-refractivity contribution >= 4 is 47.1 Å². The largest absolute Gasteiger partial charge is 0.458 e. The third kappa shape index (κ3) is 9.49. The van der Waals surface area contributed by atoms with Gasteiger partial charge >= 0.3 is 5.97 Å². The molecule has 0 saturated carbocycles. The molecule has 2 aromatic rings. The van der Waals surface area contributed by atoms with Gasteiger partial charge in [0.2, 0.25) is 35.4 Å². The molecule has 6 amide bonds. The van der Waals surface area contributed by atoms with E-state index in [0.29, 0.717) is 37.3 Å². The monoisotopic (exact) mass is 847 g/mol. The number of halogens is 2. The number of carbonyl (C=O) groups is 7. The molecule has 5 aliphatic rings. The van der Waals surface area contributed by atoms with Crippen LogP contribution in [0.5, 0.6) is 0 Å². The first-order chi connectivity index (χ1) is 29.1. The van der Waals surface area contributed by atoms with E-state index in [1.54, 1.807) is 0 Å². The summed E-state index contributed by atoms with van der Waals surface area (Å²) in [7, 11) is 1.95. The number of rotatable bonds is 7. The third-order valence-electron chi connectivity index (χ3n) is 12.7. The molecule has 3 N–H and O–H groups in total. The summed E-state index contributed by atoms with van der Waals surface area (Å²) in [6.45, 7) is 6.27. The number of hydrogen-bond donors (Lipinski definition) is 3. The first-order valence-electron chi connectivity index (χ1n) is 21.4. The fourth-order valence-electron chi connectivity index (χ4n) is 9.52. The maximum Gasteiger partial charge on any atom is 0.329 e. The summed E-state index contributed by atoms with van der Waals surface area (Å²) in [5, 5.41) is 8.17. The number of hydrogen-bond acceptors (Lipinski definition) is 9. The van der Waals surface area contributed by atoms with E-state index >= 15 is 0 Å². The van der Waals surface area contributed by atoms with E-state index in [0.717, 1.165) is 36.3 Å². The van der Waals surface area contributed by atoms with Gasteiger partial charge in [0.05, 0.1) is 6.42 Å². The SMILES string of the molecule is C[C@@H]1C[C@H]2C(=O)O[C@@H](C)[C@H](NC(=O)[C@H](Cc3cc(F)cc(F)c3)NC(=O)Cc3ccc4c(c3)N(C)CC4)C(=O)N3CCC[C@H]3C(=O)N3CCCC[C@H]3C(=O)N[C@@H](C)C(=O)N2C1. The highest BCUT2D eigenvalue weighted by Crippen LogP contribution is 2.30. The zero-order valence-corrected chi connectivity index (χ0v) is 35.1. The smallest absolute Gasteiger partial charge is 0.329 e. The summed E-state index contributed by atoms with van der Waals surface area (Å²) in [5.74, 6) is -6.38. The minimum Gasteiger partial charge on any atom is -0.458 e. The molecule has 0 aliphatic carbocycles. The van der Waals surface area contributed by atoms with E-state index in [1.165, 1.54) is 28.5 Å². The number of fused-ring (bicyclic) bond motifs is 4. The van der Waals surface area contributed by atoms with Crippen molar-refractivity contribution in [3.05, 3.63) is 64.7 Å². The van der Waals surface area contributed by atoms with Gasteiger partial charge in [0.15, 0.2) is 0 Å². The lowest BCUT2D eigenvalue weighted by molar-refractivity contribution is -0.163.